The molecule has 2 bridgehead atoms. The number of likely N-dealkylation sites (tertiary alicyclic amines) is 1. The average Bonchev–Trinajstić information content (AvgIpc) is 3.21. The first kappa shape index (κ1) is 14.9. The van der Waals surface area contributed by atoms with E-state index in [1.807, 2.05) is 24.3 Å². The topological polar surface area (TPSA) is 32.3 Å². The lowest BCUT2D eigenvalue weighted by molar-refractivity contribution is 0.0977. The number of benzene rings is 2. The van der Waals surface area contributed by atoms with Gasteiger partial charge in [-0.15, -0.1) is 0 Å². The van der Waals surface area contributed by atoms with Gasteiger partial charge in [-0.25, -0.2) is 0 Å². The van der Waals surface area contributed by atoms with Crippen molar-refractivity contribution in [1.29, 1.82) is 0 Å². The highest BCUT2D eigenvalue weighted by atomic mass is 16.1. The summed E-state index contributed by atoms with van der Waals surface area (Å²) in [5, 5.41) is 5.88. The summed E-state index contributed by atoms with van der Waals surface area (Å²) in [4.78, 5) is 15.0. The van der Waals surface area contributed by atoms with E-state index < -0.39 is 0 Å². The minimum atomic E-state index is 0.278. The lowest BCUT2D eigenvalue weighted by Gasteiger charge is -2.27. The van der Waals surface area contributed by atoms with Crippen LogP contribution < -0.4 is 5.32 Å². The van der Waals surface area contributed by atoms with Gasteiger partial charge in [0.25, 0.3) is 0 Å². The van der Waals surface area contributed by atoms with E-state index in [0.29, 0.717) is 6.42 Å². The van der Waals surface area contributed by atoms with Gasteiger partial charge in [-0.2, -0.15) is 0 Å². The van der Waals surface area contributed by atoms with Crippen molar-refractivity contribution in [3.8, 4) is 0 Å². The molecular weight excluding hydrogens is 284 g/mol. The van der Waals surface area contributed by atoms with Crippen molar-refractivity contribution in [1.82, 2.24) is 10.2 Å². The molecule has 2 fully saturated rings. The fourth-order valence-corrected chi connectivity index (χ4v) is 4.03. The normalized spacial score (nSPS) is 23.7. The van der Waals surface area contributed by atoms with Crippen molar-refractivity contribution in [3.05, 3.63) is 48.0 Å². The van der Waals surface area contributed by atoms with Gasteiger partial charge in [0, 0.05) is 37.2 Å². The second-order valence-corrected chi connectivity index (χ2v) is 6.93. The molecule has 23 heavy (non-hydrogen) atoms. The number of ketones is 1. The Hall–Kier alpha value is -1.71. The first-order valence-electron chi connectivity index (χ1n) is 8.79. The van der Waals surface area contributed by atoms with Crippen LogP contribution in [0, 0.1) is 0 Å². The lowest BCUT2D eigenvalue weighted by Crippen LogP contribution is -2.43. The lowest BCUT2D eigenvalue weighted by atomic mass is 10.0. The molecule has 2 aliphatic heterocycles. The number of piperazine rings is 1. The van der Waals surface area contributed by atoms with E-state index in [0.717, 1.165) is 49.0 Å². The molecule has 0 saturated carbocycles. The molecule has 2 unspecified atom stereocenters. The highest BCUT2D eigenvalue weighted by molar-refractivity contribution is 5.99. The third kappa shape index (κ3) is 3.17. The second-order valence-electron chi connectivity index (χ2n) is 6.93. The second kappa shape index (κ2) is 6.42. The summed E-state index contributed by atoms with van der Waals surface area (Å²) in [5.41, 5.74) is 0.855. The molecule has 2 atom stereocenters. The maximum Gasteiger partial charge on any atom is 0.162 e. The number of hydrogen-bond acceptors (Lipinski definition) is 3. The number of rotatable bonds is 6. The molecule has 0 amide bonds. The number of Topliss-reactive ketones (excluding diaryl/α,β-unsaturated/α-hetero) is 1. The van der Waals surface area contributed by atoms with Crippen molar-refractivity contribution >= 4 is 16.6 Å². The van der Waals surface area contributed by atoms with Gasteiger partial charge in [0.15, 0.2) is 5.78 Å². The van der Waals surface area contributed by atoms with Gasteiger partial charge in [-0.1, -0.05) is 36.4 Å². The van der Waals surface area contributed by atoms with Crippen molar-refractivity contribution in [2.45, 2.75) is 37.8 Å². The van der Waals surface area contributed by atoms with Crippen LogP contribution in [0.3, 0.4) is 0 Å². The van der Waals surface area contributed by atoms with Crippen molar-refractivity contribution in [3.63, 3.8) is 0 Å². The Bertz CT molecular complexity index is 712. The van der Waals surface area contributed by atoms with Gasteiger partial charge in [-0.05, 0) is 42.6 Å². The summed E-state index contributed by atoms with van der Waals surface area (Å²) in [7, 11) is 0. The smallest absolute Gasteiger partial charge is 0.162 e. The van der Waals surface area contributed by atoms with E-state index in [4.69, 9.17) is 0 Å². The molecule has 2 aromatic rings. The summed E-state index contributed by atoms with van der Waals surface area (Å²) in [6, 6.07) is 15.7. The van der Waals surface area contributed by atoms with Crippen LogP contribution in [0.15, 0.2) is 42.5 Å². The predicted molar refractivity (Wildman–Crippen MR) is 93.9 cm³/mol. The molecule has 2 aromatic carbocycles. The summed E-state index contributed by atoms with van der Waals surface area (Å²) >= 11 is 0. The molecule has 3 nitrogen and oxygen atoms in total. The maximum atomic E-state index is 12.4. The Kier molecular flexibility index (Phi) is 4.15. The van der Waals surface area contributed by atoms with E-state index in [9.17, 15) is 4.79 Å². The summed E-state index contributed by atoms with van der Waals surface area (Å²) < 4.78 is 0. The van der Waals surface area contributed by atoms with Crippen molar-refractivity contribution < 1.29 is 4.79 Å². The Morgan fingerprint density at radius 2 is 2.00 bits per heavy atom. The highest BCUT2D eigenvalue weighted by Gasteiger charge is 2.36. The van der Waals surface area contributed by atoms with E-state index >= 15 is 0 Å². The van der Waals surface area contributed by atoms with Crippen molar-refractivity contribution in [2.24, 2.45) is 0 Å². The molecule has 120 valence electrons. The SMILES string of the molecule is O=C(CCCCN1CC2CC1CN2)c1ccc2ccccc2c1. The molecule has 1 N–H and O–H groups in total. The number of carbonyl (C=O) groups is 1. The van der Waals surface area contributed by atoms with Crippen LogP contribution in [0.25, 0.3) is 10.8 Å². The third-order valence-corrected chi connectivity index (χ3v) is 5.34. The molecule has 0 spiro atoms. The summed E-state index contributed by atoms with van der Waals surface area (Å²) in [6.07, 6.45) is 4.10. The molecule has 2 aliphatic rings. The molecule has 0 aliphatic carbocycles. The number of hydrogen-bond donors (Lipinski definition) is 1. The Labute approximate surface area is 137 Å². The molecule has 4 rings (SSSR count). The average molecular weight is 308 g/mol. The fraction of sp³-hybridized carbons (Fsp3) is 0.450. The van der Waals surface area contributed by atoms with E-state index in [-0.39, 0.29) is 5.78 Å². The number of carbonyl (C=O) groups excluding carboxylic acids is 1. The van der Waals surface area contributed by atoms with Crippen LogP contribution in [-0.2, 0) is 0 Å². The molecule has 2 heterocycles. The van der Waals surface area contributed by atoms with Crippen LogP contribution in [0.4, 0.5) is 0 Å². The van der Waals surface area contributed by atoms with E-state index in [2.05, 4.69) is 28.4 Å². The van der Waals surface area contributed by atoms with Crippen LogP contribution >= 0.6 is 0 Å². The van der Waals surface area contributed by atoms with Crippen LogP contribution in [0.2, 0.25) is 0 Å². The fourth-order valence-electron chi connectivity index (χ4n) is 4.03. The standard InChI is InChI=1S/C20H24N2O/c23-20(17-9-8-15-5-1-2-6-16(15)11-17)7-3-4-10-22-14-18-12-19(22)13-21-18/h1-2,5-6,8-9,11,18-19,21H,3-4,7,10,12-14H2. The minimum Gasteiger partial charge on any atom is -0.311 e. The predicted octanol–water partition coefficient (Wildman–Crippen LogP) is 3.24. The third-order valence-electron chi connectivity index (χ3n) is 5.34. The quantitative estimate of drug-likeness (QED) is 0.657. The summed E-state index contributed by atoms with van der Waals surface area (Å²) in [6.45, 7) is 3.50. The first-order valence-corrected chi connectivity index (χ1v) is 8.79. The maximum absolute atomic E-state index is 12.4. The number of fused-ring (bicyclic) bond motifs is 3. The summed E-state index contributed by atoms with van der Waals surface area (Å²) in [5.74, 6) is 0.278. The monoisotopic (exact) mass is 308 g/mol. The van der Waals surface area contributed by atoms with Gasteiger partial charge in [0.05, 0.1) is 0 Å². The Morgan fingerprint density at radius 3 is 2.78 bits per heavy atom. The van der Waals surface area contributed by atoms with Gasteiger partial charge < -0.3 is 5.32 Å². The molecule has 0 aromatic heterocycles. The number of nitrogens with one attached hydrogen (secondary N) is 1. The zero-order chi connectivity index (χ0) is 15.6. The minimum absolute atomic E-state index is 0.278. The molecular formula is C20H24N2O. The zero-order valence-corrected chi connectivity index (χ0v) is 13.5. The van der Waals surface area contributed by atoms with Gasteiger partial charge in [-0.3, -0.25) is 9.69 Å². The molecule has 3 heteroatoms. The largest absolute Gasteiger partial charge is 0.311 e. The van der Waals surface area contributed by atoms with Gasteiger partial charge >= 0.3 is 0 Å². The Balaban J connectivity index is 1.27. The molecule has 2 saturated heterocycles. The van der Waals surface area contributed by atoms with Gasteiger partial charge in [0.1, 0.15) is 0 Å². The zero-order valence-electron chi connectivity index (χ0n) is 13.5. The van der Waals surface area contributed by atoms with E-state index in [1.165, 1.54) is 18.4 Å². The Morgan fingerprint density at radius 1 is 1.13 bits per heavy atom. The number of nitrogens with zero attached hydrogens (tertiary/aromatic N) is 1. The van der Waals surface area contributed by atoms with Crippen LogP contribution in [0.5, 0.6) is 0 Å². The highest BCUT2D eigenvalue weighted by Crippen LogP contribution is 2.23. The number of unbranched alkanes of at least 4 members (excludes halogenated alkanes) is 1. The molecule has 0 radical (unpaired) electrons. The van der Waals surface area contributed by atoms with Crippen LogP contribution in [0.1, 0.15) is 36.0 Å². The van der Waals surface area contributed by atoms with Crippen LogP contribution in [-0.4, -0.2) is 42.4 Å². The van der Waals surface area contributed by atoms with E-state index in [1.54, 1.807) is 0 Å². The first-order chi connectivity index (χ1) is 11.3. The van der Waals surface area contributed by atoms with Crippen molar-refractivity contribution in [2.75, 3.05) is 19.6 Å². The van der Waals surface area contributed by atoms with Gasteiger partial charge in [0.2, 0.25) is 0 Å².